The van der Waals surface area contributed by atoms with Crippen molar-refractivity contribution in [3.8, 4) is 0 Å². The van der Waals surface area contributed by atoms with Crippen molar-refractivity contribution in [1.82, 2.24) is 0 Å². The molecule has 0 aliphatic rings. The summed E-state index contributed by atoms with van der Waals surface area (Å²) in [5.41, 5.74) is 0.222. The molecule has 13 heavy (non-hydrogen) atoms. The van der Waals surface area contributed by atoms with Crippen LogP contribution in [-0.2, 0) is 0 Å². The Hall–Kier alpha value is -0.150. The fourth-order valence-electron chi connectivity index (χ4n) is 0.766. The molecule has 0 spiro atoms. The number of hydrogen-bond donors (Lipinski definition) is 1. The van der Waals surface area contributed by atoms with Crippen LogP contribution in [0.25, 0.3) is 0 Å². The molecule has 0 saturated heterocycles. The largest absolute Gasteiger partial charge is 0.410 e. The summed E-state index contributed by atoms with van der Waals surface area (Å²) < 4.78 is 0. The van der Waals surface area contributed by atoms with E-state index in [-0.39, 0.29) is 20.8 Å². The summed E-state index contributed by atoms with van der Waals surface area (Å²) in [4.78, 5) is 0. The maximum Gasteiger partial charge on any atom is 0.178 e. The highest BCUT2D eigenvalue weighted by Crippen LogP contribution is 2.32. The Bertz CT molecular complexity index is 364. The van der Waals surface area contributed by atoms with Crippen LogP contribution in [0.5, 0.6) is 0 Å². The average molecular weight is 259 g/mol. The summed E-state index contributed by atoms with van der Waals surface area (Å²) in [6.45, 7) is 0. The molecule has 0 radical (unpaired) electrons. The highest BCUT2D eigenvalue weighted by Gasteiger charge is 2.13. The number of rotatable bonds is 1. The molecule has 1 aromatic carbocycles. The third-order valence-electron chi connectivity index (χ3n) is 1.34. The molecule has 0 saturated carbocycles. The van der Waals surface area contributed by atoms with Crippen molar-refractivity contribution in [2.45, 2.75) is 0 Å². The van der Waals surface area contributed by atoms with Gasteiger partial charge < -0.3 is 5.21 Å². The van der Waals surface area contributed by atoms with Crippen LogP contribution in [0.1, 0.15) is 5.56 Å². The van der Waals surface area contributed by atoms with Crippen LogP contribution in [0, 0.1) is 0 Å². The van der Waals surface area contributed by atoms with E-state index in [2.05, 4.69) is 5.16 Å². The van der Waals surface area contributed by atoms with Crippen LogP contribution in [0.3, 0.4) is 0 Å². The molecule has 70 valence electrons. The van der Waals surface area contributed by atoms with Gasteiger partial charge in [0.25, 0.3) is 0 Å². The summed E-state index contributed by atoms with van der Waals surface area (Å²) >= 11 is 22.8. The van der Waals surface area contributed by atoms with Crippen molar-refractivity contribution in [2.24, 2.45) is 5.16 Å². The van der Waals surface area contributed by atoms with Crippen LogP contribution in [0.15, 0.2) is 17.3 Å². The van der Waals surface area contributed by atoms with E-state index < -0.39 is 0 Å². The topological polar surface area (TPSA) is 32.6 Å². The second-order valence-electron chi connectivity index (χ2n) is 2.11. The summed E-state index contributed by atoms with van der Waals surface area (Å²) in [5, 5.41) is 11.7. The number of nitrogens with zero attached hydrogens (tertiary/aromatic N) is 1. The Kier molecular flexibility index (Phi) is 3.68. The van der Waals surface area contributed by atoms with E-state index in [9.17, 15) is 0 Å². The highest BCUT2D eigenvalue weighted by atomic mass is 35.5. The molecule has 1 N–H and O–H groups in total. The van der Waals surface area contributed by atoms with Crippen molar-refractivity contribution < 1.29 is 5.21 Å². The van der Waals surface area contributed by atoms with Gasteiger partial charge in [0.05, 0.1) is 20.6 Å². The second-order valence-corrected chi connectivity index (χ2v) is 3.66. The van der Waals surface area contributed by atoms with Gasteiger partial charge in [0.1, 0.15) is 0 Å². The number of benzene rings is 1. The van der Waals surface area contributed by atoms with Crippen molar-refractivity contribution in [1.29, 1.82) is 0 Å². The zero-order chi connectivity index (χ0) is 10.0. The van der Waals surface area contributed by atoms with E-state index in [4.69, 9.17) is 51.6 Å². The summed E-state index contributed by atoms with van der Waals surface area (Å²) in [6.07, 6.45) is 0. The minimum absolute atomic E-state index is 0.164. The lowest BCUT2D eigenvalue weighted by Crippen LogP contribution is -1.94. The molecule has 1 aromatic rings. The average Bonchev–Trinajstić information content (AvgIpc) is 2.12. The van der Waals surface area contributed by atoms with E-state index in [1.54, 1.807) is 0 Å². The molecule has 0 aromatic heterocycles. The molecule has 0 aliphatic carbocycles. The van der Waals surface area contributed by atoms with Gasteiger partial charge in [0, 0.05) is 0 Å². The summed E-state index contributed by atoms with van der Waals surface area (Å²) in [5.74, 6) is 0. The van der Waals surface area contributed by atoms with Gasteiger partial charge in [-0.15, -0.1) is 0 Å². The third kappa shape index (κ3) is 2.20. The lowest BCUT2D eigenvalue weighted by atomic mass is 10.2. The molecular weight excluding hydrogens is 256 g/mol. The van der Waals surface area contributed by atoms with E-state index in [1.807, 2.05) is 0 Å². The molecule has 0 atom stereocenters. The van der Waals surface area contributed by atoms with Crippen molar-refractivity contribution in [3.63, 3.8) is 0 Å². The van der Waals surface area contributed by atoms with Gasteiger partial charge in [0.2, 0.25) is 0 Å². The maximum atomic E-state index is 8.42. The molecular formula is C7H3Cl4NO. The van der Waals surface area contributed by atoms with Crippen molar-refractivity contribution in [3.05, 3.63) is 32.8 Å². The third-order valence-corrected chi connectivity index (χ3v) is 2.72. The maximum absolute atomic E-state index is 8.42. The first-order valence-electron chi connectivity index (χ1n) is 3.09. The fourth-order valence-corrected chi connectivity index (χ4v) is 1.77. The smallest absolute Gasteiger partial charge is 0.178 e. The quantitative estimate of drug-likeness (QED) is 0.351. The first-order chi connectivity index (χ1) is 6.07. The normalized spacial score (nSPS) is 11.8. The molecule has 0 heterocycles. The van der Waals surface area contributed by atoms with Gasteiger partial charge in [-0.25, -0.2) is 0 Å². The molecule has 2 nitrogen and oxygen atoms in total. The van der Waals surface area contributed by atoms with Gasteiger partial charge in [-0.3, -0.25) is 0 Å². The Labute approximate surface area is 94.7 Å². The fraction of sp³-hybridized carbons (Fsp3) is 0. The van der Waals surface area contributed by atoms with E-state index in [1.165, 1.54) is 12.1 Å². The molecule has 0 aliphatic heterocycles. The minimum Gasteiger partial charge on any atom is -0.410 e. The molecule has 6 heteroatoms. The Morgan fingerprint density at radius 2 is 1.69 bits per heavy atom. The lowest BCUT2D eigenvalue weighted by Gasteiger charge is -2.04. The Morgan fingerprint density at radius 3 is 2.23 bits per heavy atom. The zero-order valence-electron chi connectivity index (χ0n) is 6.06. The van der Waals surface area contributed by atoms with Crippen LogP contribution < -0.4 is 0 Å². The van der Waals surface area contributed by atoms with Crippen LogP contribution in [-0.4, -0.2) is 10.4 Å². The van der Waals surface area contributed by atoms with Crippen LogP contribution in [0.4, 0.5) is 0 Å². The van der Waals surface area contributed by atoms with Crippen molar-refractivity contribution >= 4 is 51.6 Å². The number of halogens is 4. The molecule has 1 rings (SSSR count). The summed E-state index contributed by atoms with van der Waals surface area (Å²) in [6, 6.07) is 3.04. The molecule has 0 amide bonds. The Balaban J connectivity index is 3.42. The van der Waals surface area contributed by atoms with Crippen molar-refractivity contribution in [2.75, 3.05) is 0 Å². The first kappa shape index (κ1) is 10.9. The van der Waals surface area contributed by atoms with E-state index in [0.29, 0.717) is 5.02 Å². The second kappa shape index (κ2) is 4.38. The zero-order valence-corrected chi connectivity index (χ0v) is 9.08. The van der Waals surface area contributed by atoms with Gasteiger partial charge >= 0.3 is 0 Å². The SMILES string of the molecule is ON=C(Cl)c1c(Cl)ccc(Cl)c1Cl. The highest BCUT2D eigenvalue weighted by molar-refractivity contribution is 6.71. The van der Waals surface area contributed by atoms with Gasteiger partial charge in [-0.05, 0) is 12.1 Å². The first-order valence-corrected chi connectivity index (χ1v) is 4.60. The predicted molar refractivity (Wildman–Crippen MR) is 55.6 cm³/mol. The van der Waals surface area contributed by atoms with Crippen LogP contribution in [0.2, 0.25) is 15.1 Å². The number of hydrogen-bond acceptors (Lipinski definition) is 2. The van der Waals surface area contributed by atoms with E-state index in [0.717, 1.165) is 0 Å². The summed E-state index contributed by atoms with van der Waals surface area (Å²) in [7, 11) is 0. The predicted octanol–water partition coefficient (Wildman–Crippen LogP) is 4.02. The van der Waals surface area contributed by atoms with Gasteiger partial charge in [-0.2, -0.15) is 0 Å². The lowest BCUT2D eigenvalue weighted by molar-refractivity contribution is 0.321. The Morgan fingerprint density at radius 1 is 1.15 bits per heavy atom. The monoisotopic (exact) mass is 257 g/mol. The minimum atomic E-state index is -0.197. The van der Waals surface area contributed by atoms with Gasteiger partial charge in [0.15, 0.2) is 5.17 Å². The molecule has 0 bridgehead atoms. The van der Waals surface area contributed by atoms with E-state index >= 15 is 0 Å². The van der Waals surface area contributed by atoms with Crippen LogP contribution >= 0.6 is 46.4 Å². The molecule has 0 fully saturated rings. The molecule has 0 unspecified atom stereocenters. The van der Waals surface area contributed by atoms with Gasteiger partial charge in [-0.1, -0.05) is 51.6 Å². The number of oxime groups is 1. The standard InChI is InChI=1S/C7H3Cl4NO/c8-3-1-2-4(9)6(10)5(3)7(11)12-13/h1-2,13H.